The number of hydrogen-bond acceptors (Lipinski definition) is 2. The summed E-state index contributed by atoms with van der Waals surface area (Å²) in [4.78, 5) is 4.47. The molecule has 0 bridgehead atoms. The summed E-state index contributed by atoms with van der Waals surface area (Å²) in [6, 6.07) is 8.37. The monoisotopic (exact) mass is 323 g/mol. The summed E-state index contributed by atoms with van der Waals surface area (Å²) in [5, 5.41) is 4.05. The van der Waals surface area contributed by atoms with Crippen LogP contribution in [-0.4, -0.2) is 9.38 Å². The summed E-state index contributed by atoms with van der Waals surface area (Å²) in [7, 11) is 0. The molecule has 0 fully saturated rings. The third kappa shape index (κ3) is 3.35. The first kappa shape index (κ1) is 14.3. The van der Waals surface area contributed by atoms with E-state index < -0.39 is 5.82 Å². The molecular formula is C15H12Cl2FN3. The van der Waals surface area contributed by atoms with Crippen molar-refractivity contribution < 1.29 is 4.39 Å². The minimum atomic E-state index is -0.405. The number of rotatable bonds is 4. The summed E-state index contributed by atoms with van der Waals surface area (Å²) >= 11 is 11.7. The molecule has 0 saturated heterocycles. The lowest BCUT2D eigenvalue weighted by atomic mass is 10.2. The molecule has 3 aromatic rings. The Kier molecular flexibility index (Phi) is 4.10. The molecule has 0 atom stereocenters. The quantitative estimate of drug-likeness (QED) is 0.784. The minimum Gasteiger partial charge on any atom is -0.307 e. The highest BCUT2D eigenvalue weighted by atomic mass is 35.5. The Hall–Kier alpha value is -1.62. The molecule has 3 rings (SSSR count). The second-order valence-corrected chi connectivity index (χ2v) is 5.54. The largest absolute Gasteiger partial charge is 0.307 e. The van der Waals surface area contributed by atoms with Crippen LogP contribution in [0.15, 0.2) is 42.7 Å². The average molecular weight is 324 g/mol. The van der Waals surface area contributed by atoms with Crippen LogP contribution < -0.4 is 5.32 Å². The number of nitrogens with zero attached hydrogens (tertiary/aromatic N) is 2. The molecular weight excluding hydrogens is 312 g/mol. The highest BCUT2D eigenvalue weighted by Crippen LogP contribution is 2.16. The molecule has 108 valence electrons. The van der Waals surface area contributed by atoms with Crippen molar-refractivity contribution in [3.05, 3.63) is 69.8 Å². The maximum atomic E-state index is 13.1. The van der Waals surface area contributed by atoms with Crippen molar-refractivity contribution in [3.8, 4) is 0 Å². The summed E-state index contributed by atoms with van der Waals surface area (Å²) < 4.78 is 14.9. The van der Waals surface area contributed by atoms with Gasteiger partial charge in [0.15, 0.2) is 0 Å². The summed E-state index contributed by atoms with van der Waals surface area (Å²) in [6.45, 7) is 1.20. The van der Waals surface area contributed by atoms with Gasteiger partial charge >= 0.3 is 0 Å². The molecule has 6 heteroatoms. The minimum absolute atomic E-state index is 0.136. The maximum Gasteiger partial charge on any atom is 0.141 e. The van der Waals surface area contributed by atoms with Gasteiger partial charge in [-0.2, -0.15) is 0 Å². The Morgan fingerprint density at radius 1 is 1.10 bits per heavy atom. The van der Waals surface area contributed by atoms with Gasteiger partial charge in [0.05, 0.1) is 15.7 Å². The molecule has 1 N–H and O–H groups in total. The van der Waals surface area contributed by atoms with Crippen molar-refractivity contribution in [2.75, 3.05) is 0 Å². The summed E-state index contributed by atoms with van der Waals surface area (Å²) in [5.41, 5.74) is 2.68. The van der Waals surface area contributed by atoms with E-state index in [1.807, 2.05) is 28.9 Å². The van der Waals surface area contributed by atoms with E-state index in [2.05, 4.69) is 10.3 Å². The molecule has 0 aliphatic heterocycles. The number of nitrogens with one attached hydrogen (secondary N) is 1. The van der Waals surface area contributed by atoms with Gasteiger partial charge in [0, 0.05) is 25.5 Å². The fraction of sp³-hybridized carbons (Fsp3) is 0.133. The number of fused-ring (bicyclic) bond motifs is 1. The molecule has 0 spiro atoms. The average Bonchev–Trinajstić information content (AvgIpc) is 2.84. The standard InChI is InChI=1S/C15H12Cl2FN3/c16-11-2-4-15-20-12(9-21(15)8-11)7-19-6-10-1-3-14(18)13(17)5-10/h1-5,8-9,19H,6-7H2. The zero-order valence-corrected chi connectivity index (χ0v) is 12.5. The number of benzene rings is 1. The van der Waals surface area contributed by atoms with E-state index in [9.17, 15) is 4.39 Å². The fourth-order valence-electron chi connectivity index (χ4n) is 2.09. The third-order valence-electron chi connectivity index (χ3n) is 3.08. The Balaban J connectivity index is 1.64. The predicted octanol–water partition coefficient (Wildman–Crippen LogP) is 4.07. The maximum absolute atomic E-state index is 13.1. The van der Waals surface area contributed by atoms with E-state index in [0.717, 1.165) is 16.9 Å². The molecule has 2 heterocycles. The van der Waals surface area contributed by atoms with Crippen molar-refractivity contribution in [1.29, 1.82) is 0 Å². The van der Waals surface area contributed by atoms with E-state index in [-0.39, 0.29) is 5.02 Å². The lowest BCUT2D eigenvalue weighted by Crippen LogP contribution is -2.12. The van der Waals surface area contributed by atoms with E-state index >= 15 is 0 Å². The molecule has 0 saturated carbocycles. The third-order valence-corrected chi connectivity index (χ3v) is 3.60. The number of hydrogen-bond donors (Lipinski definition) is 1. The summed E-state index contributed by atoms with van der Waals surface area (Å²) in [6.07, 6.45) is 3.74. The first-order valence-electron chi connectivity index (χ1n) is 6.39. The Bertz CT molecular complexity index is 786. The molecule has 1 aromatic carbocycles. The van der Waals surface area contributed by atoms with Gasteiger partial charge in [-0.05, 0) is 29.8 Å². The van der Waals surface area contributed by atoms with Crippen LogP contribution in [0.5, 0.6) is 0 Å². The number of aromatic nitrogens is 2. The SMILES string of the molecule is Fc1ccc(CNCc2cn3cc(Cl)ccc3n2)cc1Cl. The molecule has 0 radical (unpaired) electrons. The summed E-state index contributed by atoms with van der Waals surface area (Å²) in [5.74, 6) is -0.405. The number of halogens is 3. The number of pyridine rings is 1. The molecule has 21 heavy (non-hydrogen) atoms. The van der Waals surface area contributed by atoms with Gasteiger partial charge < -0.3 is 9.72 Å². The van der Waals surface area contributed by atoms with Gasteiger partial charge in [0.2, 0.25) is 0 Å². The van der Waals surface area contributed by atoms with Gasteiger partial charge in [-0.25, -0.2) is 9.37 Å². The van der Waals surface area contributed by atoms with Crippen LogP contribution in [0.3, 0.4) is 0 Å². The molecule has 0 unspecified atom stereocenters. The van der Waals surface area contributed by atoms with E-state index in [4.69, 9.17) is 23.2 Å². The molecule has 0 aliphatic rings. The highest BCUT2D eigenvalue weighted by molar-refractivity contribution is 6.30. The normalized spacial score (nSPS) is 11.2. The highest BCUT2D eigenvalue weighted by Gasteiger charge is 2.03. The van der Waals surface area contributed by atoms with Crippen molar-refractivity contribution in [3.63, 3.8) is 0 Å². The second-order valence-electron chi connectivity index (χ2n) is 4.70. The zero-order valence-electron chi connectivity index (χ0n) is 11.0. The van der Waals surface area contributed by atoms with Gasteiger partial charge in [-0.3, -0.25) is 0 Å². The Morgan fingerprint density at radius 2 is 1.95 bits per heavy atom. The molecule has 0 amide bonds. The molecule has 2 aromatic heterocycles. The van der Waals surface area contributed by atoms with Crippen LogP contribution in [0.2, 0.25) is 10.0 Å². The lowest BCUT2D eigenvalue weighted by Gasteiger charge is -2.04. The van der Waals surface area contributed by atoms with Crippen LogP contribution in [-0.2, 0) is 13.1 Å². The zero-order chi connectivity index (χ0) is 14.8. The van der Waals surface area contributed by atoms with Crippen molar-refractivity contribution >= 4 is 28.8 Å². The van der Waals surface area contributed by atoms with Gasteiger partial charge in [-0.15, -0.1) is 0 Å². The lowest BCUT2D eigenvalue weighted by molar-refractivity contribution is 0.625. The second kappa shape index (κ2) is 6.02. The number of imidazole rings is 1. The van der Waals surface area contributed by atoms with Crippen molar-refractivity contribution in [1.82, 2.24) is 14.7 Å². The topological polar surface area (TPSA) is 29.3 Å². The van der Waals surface area contributed by atoms with E-state index in [1.165, 1.54) is 6.07 Å². The Morgan fingerprint density at radius 3 is 2.76 bits per heavy atom. The van der Waals surface area contributed by atoms with E-state index in [0.29, 0.717) is 18.1 Å². The van der Waals surface area contributed by atoms with Gasteiger partial charge in [-0.1, -0.05) is 29.3 Å². The van der Waals surface area contributed by atoms with Crippen LogP contribution in [0.25, 0.3) is 5.65 Å². The van der Waals surface area contributed by atoms with Gasteiger partial charge in [0.1, 0.15) is 11.5 Å². The first-order chi connectivity index (χ1) is 10.1. The Labute approximate surface area is 131 Å². The fourth-order valence-corrected chi connectivity index (χ4v) is 2.46. The molecule has 0 aliphatic carbocycles. The van der Waals surface area contributed by atoms with Crippen LogP contribution in [0.1, 0.15) is 11.3 Å². The van der Waals surface area contributed by atoms with Crippen LogP contribution in [0.4, 0.5) is 4.39 Å². The van der Waals surface area contributed by atoms with Gasteiger partial charge in [0.25, 0.3) is 0 Å². The van der Waals surface area contributed by atoms with E-state index in [1.54, 1.807) is 12.1 Å². The van der Waals surface area contributed by atoms with Crippen LogP contribution in [0, 0.1) is 5.82 Å². The van der Waals surface area contributed by atoms with Crippen LogP contribution >= 0.6 is 23.2 Å². The smallest absolute Gasteiger partial charge is 0.141 e. The first-order valence-corrected chi connectivity index (χ1v) is 7.15. The molecule has 3 nitrogen and oxygen atoms in total. The van der Waals surface area contributed by atoms with Crippen molar-refractivity contribution in [2.45, 2.75) is 13.1 Å². The predicted molar refractivity (Wildman–Crippen MR) is 82.2 cm³/mol. The van der Waals surface area contributed by atoms with Crippen molar-refractivity contribution in [2.24, 2.45) is 0 Å².